The molecule has 1 aliphatic rings. The minimum atomic E-state index is -0.368. The summed E-state index contributed by atoms with van der Waals surface area (Å²) in [5.74, 6) is 0.0663. The highest BCUT2D eigenvalue weighted by molar-refractivity contribution is 5.90. The van der Waals surface area contributed by atoms with Gasteiger partial charge in [-0.3, -0.25) is 4.79 Å². The maximum Gasteiger partial charge on any atom is 0.322 e. The Hall–Kier alpha value is -3.16. The molecule has 3 rings (SSSR count). The van der Waals surface area contributed by atoms with E-state index in [2.05, 4.69) is 15.0 Å². The van der Waals surface area contributed by atoms with Crippen LogP contribution in [-0.4, -0.2) is 42.1 Å². The minimum absolute atomic E-state index is 0.0898. The van der Waals surface area contributed by atoms with Gasteiger partial charge in [-0.15, -0.1) is 0 Å². The SMILES string of the molecule is COC(=O)C[C@H]1CCN(C(=O)Nc2cccnc2Oc2ccc(F)cc2)C1. The number of nitrogens with one attached hydrogen (secondary N) is 1. The third kappa shape index (κ3) is 4.93. The fourth-order valence-corrected chi connectivity index (χ4v) is 2.88. The lowest BCUT2D eigenvalue weighted by Crippen LogP contribution is -2.33. The number of esters is 1. The molecule has 2 heterocycles. The van der Waals surface area contributed by atoms with Crippen LogP contribution in [0, 0.1) is 11.7 Å². The second-order valence-corrected chi connectivity index (χ2v) is 6.22. The summed E-state index contributed by atoms with van der Waals surface area (Å²) in [6, 6.07) is 8.58. The van der Waals surface area contributed by atoms with Crippen molar-refractivity contribution in [3.05, 3.63) is 48.4 Å². The van der Waals surface area contributed by atoms with Gasteiger partial charge in [0.2, 0.25) is 5.88 Å². The van der Waals surface area contributed by atoms with Crippen molar-refractivity contribution in [1.82, 2.24) is 9.88 Å². The van der Waals surface area contributed by atoms with Crippen LogP contribution in [0.1, 0.15) is 12.8 Å². The highest BCUT2D eigenvalue weighted by Crippen LogP contribution is 2.28. The number of rotatable bonds is 5. The summed E-state index contributed by atoms with van der Waals surface area (Å²) in [4.78, 5) is 29.7. The Morgan fingerprint density at radius 2 is 2.07 bits per heavy atom. The van der Waals surface area contributed by atoms with Crippen molar-refractivity contribution < 1.29 is 23.5 Å². The van der Waals surface area contributed by atoms with Gasteiger partial charge in [0.15, 0.2) is 0 Å². The van der Waals surface area contributed by atoms with Crippen molar-refractivity contribution in [2.75, 3.05) is 25.5 Å². The standard InChI is InChI=1S/C19H20FN3O4/c1-26-17(24)11-13-8-10-23(12-13)19(25)22-16-3-2-9-21-18(16)27-15-6-4-14(20)5-7-15/h2-7,9,13H,8,10-12H2,1H3,(H,22,25)/t13-/m1/s1. The quantitative estimate of drug-likeness (QED) is 0.812. The number of hydrogen-bond donors (Lipinski definition) is 1. The molecule has 0 radical (unpaired) electrons. The lowest BCUT2D eigenvalue weighted by Gasteiger charge is -2.18. The maximum atomic E-state index is 13.0. The lowest BCUT2D eigenvalue weighted by molar-refractivity contribution is -0.141. The van der Waals surface area contributed by atoms with Crippen LogP contribution in [0.3, 0.4) is 0 Å². The molecule has 2 aromatic rings. The summed E-state index contributed by atoms with van der Waals surface area (Å²) in [7, 11) is 1.35. The number of urea groups is 1. The van der Waals surface area contributed by atoms with Gasteiger partial charge in [0, 0.05) is 19.3 Å². The number of ether oxygens (including phenoxy) is 2. The zero-order valence-corrected chi connectivity index (χ0v) is 14.9. The first-order valence-electron chi connectivity index (χ1n) is 8.56. The van der Waals surface area contributed by atoms with E-state index in [-0.39, 0.29) is 29.6 Å². The molecule has 142 valence electrons. The van der Waals surface area contributed by atoms with Gasteiger partial charge in [-0.05, 0) is 48.7 Å². The van der Waals surface area contributed by atoms with E-state index in [1.807, 2.05) is 0 Å². The summed E-state index contributed by atoms with van der Waals surface area (Å²) in [5, 5.41) is 2.78. The molecule has 2 amide bonds. The molecule has 1 atom stereocenters. The van der Waals surface area contributed by atoms with Gasteiger partial charge in [0.1, 0.15) is 17.3 Å². The Morgan fingerprint density at radius 1 is 1.30 bits per heavy atom. The summed E-state index contributed by atoms with van der Waals surface area (Å²) in [6.45, 7) is 1.04. The van der Waals surface area contributed by atoms with Crippen molar-refractivity contribution in [3.63, 3.8) is 0 Å². The van der Waals surface area contributed by atoms with Crippen LogP contribution < -0.4 is 10.1 Å². The van der Waals surface area contributed by atoms with Crippen LogP contribution in [0.5, 0.6) is 11.6 Å². The number of likely N-dealkylation sites (tertiary alicyclic amines) is 1. The molecule has 8 heteroatoms. The zero-order chi connectivity index (χ0) is 19.2. The first-order valence-corrected chi connectivity index (χ1v) is 8.56. The van der Waals surface area contributed by atoms with Crippen molar-refractivity contribution in [2.45, 2.75) is 12.8 Å². The first-order chi connectivity index (χ1) is 13.0. The highest BCUT2D eigenvalue weighted by atomic mass is 19.1. The van der Waals surface area contributed by atoms with Crippen molar-refractivity contribution >= 4 is 17.7 Å². The lowest BCUT2D eigenvalue weighted by atomic mass is 10.1. The molecule has 0 unspecified atom stereocenters. The Labute approximate surface area is 156 Å². The van der Waals surface area contributed by atoms with Crippen LogP contribution in [0.15, 0.2) is 42.6 Å². The molecule has 1 saturated heterocycles. The Kier molecular flexibility index (Phi) is 5.85. The molecular formula is C19H20FN3O4. The second kappa shape index (κ2) is 8.48. The molecule has 7 nitrogen and oxygen atoms in total. The third-order valence-electron chi connectivity index (χ3n) is 4.30. The normalized spacial score (nSPS) is 16.1. The van der Waals surface area contributed by atoms with E-state index in [1.165, 1.54) is 37.6 Å². The highest BCUT2D eigenvalue weighted by Gasteiger charge is 2.28. The molecule has 0 spiro atoms. The Bertz CT molecular complexity index is 813. The van der Waals surface area contributed by atoms with Gasteiger partial charge >= 0.3 is 12.0 Å². The fourth-order valence-electron chi connectivity index (χ4n) is 2.88. The molecule has 1 aliphatic heterocycles. The largest absolute Gasteiger partial charge is 0.469 e. The van der Waals surface area contributed by atoms with E-state index in [9.17, 15) is 14.0 Å². The van der Waals surface area contributed by atoms with Gasteiger partial charge in [-0.25, -0.2) is 14.2 Å². The van der Waals surface area contributed by atoms with Crippen molar-refractivity contribution in [2.24, 2.45) is 5.92 Å². The van der Waals surface area contributed by atoms with E-state index in [0.29, 0.717) is 30.9 Å². The van der Waals surface area contributed by atoms with E-state index in [1.54, 1.807) is 17.0 Å². The molecule has 0 aliphatic carbocycles. The third-order valence-corrected chi connectivity index (χ3v) is 4.30. The fraction of sp³-hybridized carbons (Fsp3) is 0.316. The number of aromatic nitrogens is 1. The number of amides is 2. The van der Waals surface area contributed by atoms with Crippen LogP contribution in [0.2, 0.25) is 0 Å². The van der Waals surface area contributed by atoms with E-state index < -0.39 is 0 Å². The van der Waals surface area contributed by atoms with E-state index in [4.69, 9.17) is 4.74 Å². The van der Waals surface area contributed by atoms with Crippen molar-refractivity contribution in [3.8, 4) is 11.6 Å². The predicted molar refractivity (Wildman–Crippen MR) is 96.0 cm³/mol. The summed E-state index contributed by atoms with van der Waals surface area (Å²) < 4.78 is 23.3. The van der Waals surface area contributed by atoms with Crippen LogP contribution >= 0.6 is 0 Å². The number of nitrogens with zero attached hydrogens (tertiary/aromatic N) is 2. The van der Waals surface area contributed by atoms with Gasteiger partial charge in [-0.2, -0.15) is 0 Å². The average molecular weight is 373 g/mol. The summed E-state index contributed by atoms with van der Waals surface area (Å²) in [5.41, 5.74) is 0.406. The first kappa shape index (κ1) is 18.6. The molecule has 0 saturated carbocycles. The smallest absolute Gasteiger partial charge is 0.322 e. The van der Waals surface area contributed by atoms with E-state index >= 15 is 0 Å². The van der Waals surface area contributed by atoms with Crippen molar-refractivity contribution in [1.29, 1.82) is 0 Å². The number of methoxy groups -OCH3 is 1. The number of carbonyl (C=O) groups is 2. The zero-order valence-electron chi connectivity index (χ0n) is 14.9. The molecular weight excluding hydrogens is 353 g/mol. The number of anilines is 1. The monoisotopic (exact) mass is 373 g/mol. The molecule has 1 aromatic heterocycles. The van der Waals surface area contributed by atoms with Crippen LogP contribution in [-0.2, 0) is 9.53 Å². The van der Waals surface area contributed by atoms with Gasteiger partial charge in [0.05, 0.1) is 13.5 Å². The van der Waals surface area contributed by atoms with E-state index in [0.717, 1.165) is 6.42 Å². The molecule has 1 N–H and O–H groups in total. The van der Waals surface area contributed by atoms with Gasteiger partial charge < -0.3 is 19.7 Å². The van der Waals surface area contributed by atoms with Crippen LogP contribution in [0.25, 0.3) is 0 Å². The number of carbonyl (C=O) groups excluding carboxylic acids is 2. The molecule has 0 bridgehead atoms. The number of benzene rings is 1. The molecule has 1 fully saturated rings. The van der Waals surface area contributed by atoms with Gasteiger partial charge in [0.25, 0.3) is 0 Å². The second-order valence-electron chi connectivity index (χ2n) is 6.22. The molecule has 1 aromatic carbocycles. The molecule has 27 heavy (non-hydrogen) atoms. The van der Waals surface area contributed by atoms with Crippen LogP contribution in [0.4, 0.5) is 14.9 Å². The Balaban J connectivity index is 1.63. The number of pyridine rings is 1. The van der Waals surface area contributed by atoms with Gasteiger partial charge in [-0.1, -0.05) is 0 Å². The predicted octanol–water partition coefficient (Wildman–Crippen LogP) is 3.43. The summed E-state index contributed by atoms with van der Waals surface area (Å²) >= 11 is 0. The average Bonchev–Trinajstić information content (AvgIpc) is 3.13. The number of hydrogen-bond acceptors (Lipinski definition) is 5. The Morgan fingerprint density at radius 3 is 2.81 bits per heavy atom. The topological polar surface area (TPSA) is 80.8 Å². The minimum Gasteiger partial charge on any atom is -0.469 e. The maximum absolute atomic E-state index is 13.0. The summed E-state index contributed by atoms with van der Waals surface area (Å²) in [6.07, 6.45) is 2.58. The number of halogens is 1.